The Morgan fingerprint density at radius 3 is 2.47 bits per heavy atom. The average Bonchev–Trinajstić information content (AvgIpc) is 3.08. The van der Waals surface area contributed by atoms with Crippen molar-refractivity contribution in [2.24, 2.45) is 0 Å². The number of nitrogens with one attached hydrogen (secondary N) is 3. The van der Waals surface area contributed by atoms with Crippen LogP contribution in [0.4, 0.5) is 15.8 Å². The Bertz CT molecular complexity index is 1190. The summed E-state index contributed by atoms with van der Waals surface area (Å²) in [6.07, 6.45) is 0.178. The van der Waals surface area contributed by atoms with Crippen LogP contribution in [0.5, 0.6) is 0 Å². The molecule has 34 heavy (non-hydrogen) atoms. The van der Waals surface area contributed by atoms with Crippen molar-refractivity contribution in [3.63, 3.8) is 0 Å². The maximum absolute atomic E-state index is 14.7. The van der Waals surface area contributed by atoms with Gasteiger partial charge in [0.15, 0.2) is 0 Å². The fourth-order valence-corrected chi connectivity index (χ4v) is 4.61. The van der Waals surface area contributed by atoms with Gasteiger partial charge in [0.1, 0.15) is 11.9 Å². The number of rotatable bonds is 5. The lowest BCUT2D eigenvalue weighted by molar-refractivity contribution is -0.136. The van der Waals surface area contributed by atoms with Crippen LogP contribution in [0.1, 0.15) is 39.1 Å². The maximum atomic E-state index is 14.7. The van der Waals surface area contributed by atoms with Gasteiger partial charge in [-0.3, -0.25) is 29.4 Å². The molecule has 2 aromatic rings. The molecule has 2 saturated heterocycles. The van der Waals surface area contributed by atoms with Crippen molar-refractivity contribution in [2.75, 3.05) is 36.4 Å². The lowest BCUT2D eigenvalue weighted by Crippen LogP contribution is -2.54. The van der Waals surface area contributed by atoms with Crippen LogP contribution in [-0.2, 0) is 16.1 Å². The molecule has 10 heteroatoms. The standard InChI is InChI=1S/C24H24FN5O4/c25-18-11-14(1-4-19(18)29-9-7-26-8-10-29)13-27-15-2-3-16-17(12-15)24(34)30(23(16)33)20-5-6-21(31)28-22(20)32/h1-4,11-12,20,26-27H,5-10,13H2,(H,28,31,32). The Morgan fingerprint density at radius 2 is 1.74 bits per heavy atom. The second-order valence-electron chi connectivity index (χ2n) is 8.58. The second kappa shape index (κ2) is 8.86. The molecule has 0 radical (unpaired) electrons. The number of hydrogen-bond donors (Lipinski definition) is 3. The normalized spacial score (nSPS) is 20.4. The summed E-state index contributed by atoms with van der Waals surface area (Å²) in [6.45, 7) is 3.49. The molecule has 5 rings (SSSR count). The Labute approximate surface area is 195 Å². The van der Waals surface area contributed by atoms with Crippen molar-refractivity contribution in [1.82, 2.24) is 15.5 Å². The highest BCUT2D eigenvalue weighted by atomic mass is 19.1. The van der Waals surface area contributed by atoms with Gasteiger partial charge in [0.25, 0.3) is 11.8 Å². The van der Waals surface area contributed by atoms with Gasteiger partial charge in [-0.15, -0.1) is 0 Å². The first-order valence-corrected chi connectivity index (χ1v) is 11.3. The summed E-state index contributed by atoms with van der Waals surface area (Å²) >= 11 is 0. The number of piperidine rings is 1. The Hall–Kier alpha value is -3.79. The lowest BCUT2D eigenvalue weighted by atomic mass is 10.0. The molecule has 4 amide bonds. The van der Waals surface area contributed by atoms with E-state index in [-0.39, 0.29) is 29.8 Å². The van der Waals surface area contributed by atoms with Crippen molar-refractivity contribution in [2.45, 2.75) is 25.4 Å². The number of fused-ring (bicyclic) bond motifs is 1. The highest BCUT2D eigenvalue weighted by molar-refractivity contribution is 6.23. The monoisotopic (exact) mass is 465 g/mol. The third kappa shape index (κ3) is 4.01. The van der Waals surface area contributed by atoms with E-state index in [0.717, 1.165) is 36.6 Å². The Kier molecular flexibility index (Phi) is 5.74. The molecule has 3 aliphatic heterocycles. The molecule has 0 saturated carbocycles. The predicted octanol–water partition coefficient (Wildman–Crippen LogP) is 1.25. The summed E-state index contributed by atoms with van der Waals surface area (Å²) in [4.78, 5) is 52.3. The van der Waals surface area contributed by atoms with E-state index in [1.165, 1.54) is 12.1 Å². The highest BCUT2D eigenvalue weighted by Gasteiger charge is 2.44. The van der Waals surface area contributed by atoms with Gasteiger partial charge < -0.3 is 15.5 Å². The van der Waals surface area contributed by atoms with Gasteiger partial charge in [0.2, 0.25) is 11.8 Å². The number of anilines is 2. The molecule has 3 aliphatic rings. The van der Waals surface area contributed by atoms with Crippen LogP contribution in [0.25, 0.3) is 0 Å². The van der Waals surface area contributed by atoms with Crippen molar-refractivity contribution in [3.05, 3.63) is 58.9 Å². The molecular formula is C24H24FN5O4. The van der Waals surface area contributed by atoms with E-state index < -0.39 is 29.7 Å². The third-order valence-corrected chi connectivity index (χ3v) is 6.41. The fraction of sp³-hybridized carbons (Fsp3) is 0.333. The molecular weight excluding hydrogens is 441 g/mol. The van der Waals surface area contributed by atoms with Crippen molar-refractivity contribution >= 4 is 35.0 Å². The maximum Gasteiger partial charge on any atom is 0.262 e. The number of carbonyl (C=O) groups excluding carboxylic acids is 4. The zero-order valence-electron chi connectivity index (χ0n) is 18.4. The molecule has 3 N–H and O–H groups in total. The summed E-state index contributed by atoms with van der Waals surface area (Å²) in [6, 6.07) is 8.91. The van der Waals surface area contributed by atoms with Gasteiger partial charge in [0, 0.05) is 44.8 Å². The molecule has 9 nitrogen and oxygen atoms in total. The van der Waals surface area contributed by atoms with Crippen LogP contribution < -0.4 is 20.9 Å². The summed E-state index contributed by atoms with van der Waals surface area (Å²) in [5, 5.41) is 8.59. The number of benzene rings is 2. The van der Waals surface area contributed by atoms with Crippen molar-refractivity contribution < 1.29 is 23.6 Å². The van der Waals surface area contributed by atoms with E-state index >= 15 is 0 Å². The molecule has 2 aromatic carbocycles. The zero-order chi connectivity index (χ0) is 23.8. The molecule has 0 aromatic heterocycles. The number of halogens is 1. The molecule has 1 unspecified atom stereocenters. The van der Waals surface area contributed by atoms with Crippen LogP contribution in [0, 0.1) is 5.82 Å². The summed E-state index contributed by atoms with van der Waals surface area (Å²) < 4.78 is 14.7. The number of imide groups is 2. The number of piperazine rings is 1. The first kappa shape index (κ1) is 22.0. The van der Waals surface area contributed by atoms with E-state index in [1.54, 1.807) is 18.2 Å². The topological polar surface area (TPSA) is 111 Å². The van der Waals surface area contributed by atoms with Crippen LogP contribution in [0.2, 0.25) is 0 Å². The smallest absolute Gasteiger partial charge is 0.262 e. The van der Waals surface area contributed by atoms with Gasteiger partial charge in [-0.2, -0.15) is 0 Å². The SMILES string of the molecule is O=C1CCC(N2C(=O)c3ccc(NCc4ccc(N5CCNCC5)c(F)c4)cc3C2=O)C(=O)N1. The van der Waals surface area contributed by atoms with Crippen LogP contribution in [0.15, 0.2) is 36.4 Å². The summed E-state index contributed by atoms with van der Waals surface area (Å²) in [7, 11) is 0. The largest absolute Gasteiger partial charge is 0.381 e. The highest BCUT2D eigenvalue weighted by Crippen LogP contribution is 2.30. The van der Waals surface area contributed by atoms with Gasteiger partial charge in [-0.25, -0.2) is 4.39 Å². The molecule has 2 fully saturated rings. The van der Waals surface area contributed by atoms with Crippen LogP contribution in [0.3, 0.4) is 0 Å². The minimum atomic E-state index is -1.00. The summed E-state index contributed by atoms with van der Waals surface area (Å²) in [5.74, 6) is -2.45. The quantitative estimate of drug-likeness (QED) is 0.570. The second-order valence-corrected chi connectivity index (χ2v) is 8.58. The van der Waals surface area contributed by atoms with Gasteiger partial charge in [-0.05, 0) is 42.3 Å². The molecule has 0 spiro atoms. The fourth-order valence-electron chi connectivity index (χ4n) is 4.61. The number of amides is 4. The number of nitrogens with zero attached hydrogens (tertiary/aromatic N) is 2. The molecule has 0 aliphatic carbocycles. The van der Waals surface area contributed by atoms with E-state index in [4.69, 9.17) is 0 Å². The van der Waals surface area contributed by atoms with Crippen molar-refractivity contribution in [1.29, 1.82) is 0 Å². The van der Waals surface area contributed by atoms with E-state index in [1.807, 2.05) is 11.0 Å². The minimum absolute atomic E-state index is 0.0701. The molecule has 1 atom stereocenters. The van der Waals surface area contributed by atoms with Crippen LogP contribution >= 0.6 is 0 Å². The third-order valence-electron chi connectivity index (χ3n) is 6.41. The molecule has 3 heterocycles. The van der Waals surface area contributed by atoms with Gasteiger partial charge >= 0.3 is 0 Å². The Balaban J connectivity index is 1.28. The average molecular weight is 465 g/mol. The van der Waals surface area contributed by atoms with E-state index in [9.17, 15) is 23.6 Å². The lowest BCUT2D eigenvalue weighted by Gasteiger charge is -2.29. The predicted molar refractivity (Wildman–Crippen MR) is 122 cm³/mol. The van der Waals surface area contributed by atoms with Crippen LogP contribution in [-0.4, -0.2) is 60.7 Å². The van der Waals surface area contributed by atoms with E-state index in [0.29, 0.717) is 17.9 Å². The molecule has 0 bridgehead atoms. The number of hydrogen-bond acceptors (Lipinski definition) is 7. The first-order chi connectivity index (χ1) is 16.4. The summed E-state index contributed by atoms with van der Waals surface area (Å²) in [5.41, 5.74) is 2.33. The minimum Gasteiger partial charge on any atom is -0.381 e. The van der Waals surface area contributed by atoms with E-state index in [2.05, 4.69) is 16.0 Å². The Morgan fingerprint density at radius 1 is 0.971 bits per heavy atom. The first-order valence-electron chi connectivity index (χ1n) is 11.3. The van der Waals surface area contributed by atoms with Crippen molar-refractivity contribution in [3.8, 4) is 0 Å². The molecule has 176 valence electrons. The zero-order valence-corrected chi connectivity index (χ0v) is 18.4. The van der Waals surface area contributed by atoms with Gasteiger partial charge in [-0.1, -0.05) is 6.07 Å². The van der Waals surface area contributed by atoms with Gasteiger partial charge in [0.05, 0.1) is 16.8 Å². The number of carbonyl (C=O) groups is 4.